The van der Waals surface area contributed by atoms with Crippen LogP contribution in [0.4, 0.5) is 5.82 Å². The van der Waals surface area contributed by atoms with Crippen molar-refractivity contribution in [2.75, 3.05) is 11.5 Å². The summed E-state index contributed by atoms with van der Waals surface area (Å²) >= 11 is 2.69. The molecule has 2 aromatic rings. The largest absolute Gasteiger partial charge is 0.382 e. The predicted octanol–water partition coefficient (Wildman–Crippen LogP) is 3.59. The van der Waals surface area contributed by atoms with Crippen LogP contribution >= 0.6 is 23.1 Å². The highest BCUT2D eigenvalue weighted by Crippen LogP contribution is 2.34. The Labute approximate surface area is 133 Å². The fourth-order valence-corrected chi connectivity index (χ4v) is 5.86. The van der Waals surface area contributed by atoms with Gasteiger partial charge in [0.15, 0.2) is 24.2 Å². The van der Waals surface area contributed by atoms with Gasteiger partial charge in [-0.05, 0) is 12.0 Å². The summed E-state index contributed by atoms with van der Waals surface area (Å²) in [6.45, 7) is 1.96. The topological polar surface area (TPSA) is 73.0 Å². The number of sulfone groups is 1. The minimum atomic E-state index is -3.30. The van der Waals surface area contributed by atoms with Crippen LogP contribution in [-0.2, 0) is 15.6 Å². The summed E-state index contributed by atoms with van der Waals surface area (Å²) in [4.78, 5) is 4.18. The van der Waals surface area contributed by atoms with Gasteiger partial charge in [-0.25, -0.2) is 13.4 Å². The second-order valence-electron chi connectivity index (χ2n) is 4.60. The van der Waals surface area contributed by atoms with Crippen LogP contribution in [0.15, 0.2) is 38.9 Å². The summed E-state index contributed by atoms with van der Waals surface area (Å²) in [6.07, 6.45) is 1.49. The van der Waals surface area contributed by atoms with Crippen LogP contribution in [0.3, 0.4) is 0 Å². The van der Waals surface area contributed by atoms with Crippen molar-refractivity contribution in [3.8, 4) is 0 Å². The summed E-state index contributed by atoms with van der Waals surface area (Å²) in [6, 6.07) is 9.99. The SMILES string of the molecule is CCCCS(=O)(=O)c1sc(SCc2ccccc2)nc1N. The number of aromatic nitrogens is 1. The third kappa shape index (κ3) is 4.46. The number of rotatable bonds is 7. The van der Waals surface area contributed by atoms with Gasteiger partial charge in [0.2, 0.25) is 0 Å². The molecular weight excluding hydrogens is 324 g/mol. The zero-order chi connectivity index (χ0) is 15.3. The number of hydrogen-bond donors (Lipinski definition) is 1. The molecule has 0 unspecified atom stereocenters. The maximum Gasteiger partial charge on any atom is 0.191 e. The zero-order valence-corrected chi connectivity index (χ0v) is 14.2. The highest BCUT2D eigenvalue weighted by atomic mass is 32.2. The van der Waals surface area contributed by atoms with Crippen LogP contribution in [0.25, 0.3) is 0 Å². The van der Waals surface area contributed by atoms with E-state index < -0.39 is 9.84 Å². The number of nitrogens with two attached hydrogens (primary N) is 1. The Bertz CT molecular complexity index is 681. The van der Waals surface area contributed by atoms with Crippen LogP contribution in [0.5, 0.6) is 0 Å². The molecule has 0 aliphatic carbocycles. The standard InChI is InChI=1S/C14H18N2O2S3/c1-2-3-9-21(17,18)13-12(15)16-14(20-13)19-10-11-7-5-4-6-8-11/h4-8H,2-3,9-10,15H2,1H3. The molecule has 1 aromatic heterocycles. The molecule has 0 amide bonds. The lowest BCUT2D eigenvalue weighted by molar-refractivity contribution is 0.595. The van der Waals surface area contributed by atoms with E-state index in [4.69, 9.17) is 5.73 Å². The number of nitrogens with zero attached hydrogens (tertiary/aromatic N) is 1. The van der Waals surface area contributed by atoms with Crippen LogP contribution < -0.4 is 5.73 Å². The highest BCUT2D eigenvalue weighted by molar-refractivity contribution is 8.01. The van der Waals surface area contributed by atoms with Gasteiger partial charge in [0.05, 0.1) is 5.75 Å². The summed E-state index contributed by atoms with van der Waals surface area (Å²) in [7, 11) is -3.30. The maximum absolute atomic E-state index is 12.2. The average molecular weight is 343 g/mol. The normalized spacial score (nSPS) is 11.7. The molecule has 0 saturated carbocycles. The number of benzene rings is 1. The predicted molar refractivity (Wildman–Crippen MR) is 89.5 cm³/mol. The molecule has 0 atom stereocenters. The van der Waals surface area contributed by atoms with E-state index in [1.807, 2.05) is 37.3 Å². The quantitative estimate of drug-likeness (QED) is 0.778. The summed E-state index contributed by atoms with van der Waals surface area (Å²) in [5, 5.41) is 0. The lowest BCUT2D eigenvalue weighted by Crippen LogP contribution is -2.07. The number of unbranched alkanes of at least 4 members (excludes halogenated alkanes) is 1. The van der Waals surface area contributed by atoms with Gasteiger partial charge in [0.1, 0.15) is 0 Å². The van der Waals surface area contributed by atoms with Crippen molar-refractivity contribution in [1.82, 2.24) is 4.98 Å². The second kappa shape index (κ2) is 7.29. The first-order chi connectivity index (χ1) is 10.0. The molecule has 0 aliphatic heterocycles. The number of thiazole rings is 1. The molecule has 2 N–H and O–H groups in total. The van der Waals surface area contributed by atoms with E-state index in [0.717, 1.165) is 12.2 Å². The van der Waals surface area contributed by atoms with Gasteiger partial charge >= 0.3 is 0 Å². The number of hydrogen-bond acceptors (Lipinski definition) is 6. The first-order valence-corrected chi connectivity index (χ1v) is 10.1. The number of thioether (sulfide) groups is 1. The van der Waals surface area contributed by atoms with Crippen molar-refractivity contribution in [2.24, 2.45) is 0 Å². The van der Waals surface area contributed by atoms with E-state index in [2.05, 4.69) is 4.98 Å². The molecule has 0 fully saturated rings. The van der Waals surface area contributed by atoms with Gasteiger partial charge in [0.25, 0.3) is 0 Å². The summed E-state index contributed by atoms with van der Waals surface area (Å²) in [5.41, 5.74) is 6.95. The van der Waals surface area contributed by atoms with E-state index >= 15 is 0 Å². The molecule has 0 spiro atoms. The molecule has 0 aliphatic rings. The molecule has 0 saturated heterocycles. The lowest BCUT2D eigenvalue weighted by Gasteiger charge is -2.00. The fourth-order valence-electron chi connectivity index (χ4n) is 1.73. The number of anilines is 1. The molecule has 4 nitrogen and oxygen atoms in total. The van der Waals surface area contributed by atoms with Crippen molar-refractivity contribution in [3.05, 3.63) is 35.9 Å². The second-order valence-corrected chi connectivity index (χ2v) is 9.13. The first kappa shape index (κ1) is 16.3. The molecule has 114 valence electrons. The minimum Gasteiger partial charge on any atom is -0.382 e. The van der Waals surface area contributed by atoms with Gasteiger partial charge in [-0.3, -0.25) is 0 Å². The highest BCUT2D eigenvalue weighted by Gasteiger charge is 2.22. The smallest absolute Gasteiger partial charge is 0.191 e. The molecule has 21 heavy (non-hydrogen) atoms. The molecular formula is C14H18N2O2S3. The monoisotopic (exact) mass is 342 g/mol. The van der Waals surface area contributed by atoms with Gasteiger partial charge < -0.3 is 5.73 Å². The van der Waals surface area contributed by atoms with Crippen molar-refractivity contribution in [3.63, 3.8) is 0 Å². The lowest BCUT2D eigenvalue weighted by atomic mass is 10.2. The van der Waals surface area contributed by atoms with Crippen LogP contribution in [-0.4, -0.2) is 19.2 Å². The summed E-state index contributed by atoms with van der Waals surface area (Å²) in [5.74, 6) is 1.02. The molecule has 1 heterocycles. The van der Waals surface area contributed by atoms with E-state index in [0.29, 0.717) is 10.8 Å². The third-order valence-electron chi connectivity index (χ3n) is 2.86. The zero-order valence-electron chi connectivity index (χ0n) is 11.8. The first-order valence-electron chi connectivity index (χ1n) is 6.68. The minimum absolute atomic E-state index is 0.131. The van der Waals surface area contributed by atoms with E-state index in [1.165, 1.54) is 28.7 Å². The molecule has 0 bridgehead atoms. The molecule has 2 rings (SSSR count). The molecule has 7 heteroatoms. The van der Waals surface area contributed by atoms with E-state index in [9.17, 15) is 8.42 Å². The van der Waals surface area contributed by atoms with Crippen LogP contribution in [0.1, 0.15) is 25.3 Å². The van der Waals surface area contributed by atoms with E-state index in [1.54, 1.807) is 0 Å². The Morgan fingerprint density at radius 1 is 1.29 bits per heavy atom. The Morgan fingerprint density at radius 2 is 2.00 bits per heavy atom. The van der Waals surface area contributed by atoms with Crippen molar-refractivity contribution >= 4 is 38.8 Å². The Hall–Kier alpha value is -1.05. The Kier molecular flexibility index (Phi) is 5.66. The maximum atomic E-state index is 12.2. The van der Waals surface area contributed by atoms with Crippen molar-refractivity contribution in [1.29, 1.82) is 0 Å². The van der Waals surface area contributed by atoms with Crippen molar-refractivity contribution < 1.29 is 8.42 Å². The van der Waals surface area contributed by atoms with Crippen LogP contribution in [0.2, 0.25) is 0 Å². The fraction of sp³-hybridized carbons (Fsp3) is 0.357. The van der Waals surface area contributed by atoms with Gasteiger partial charge in [-0.15, -0.1) is 0 Å². The molecule has 0 radical (unpaired) electrons. The van der Waals surface area contributed by atoms with Gasteiger partial charge in [-0.2, -0.15) is 0 Å². The Balaban J connectivity index is 2.09. The van der Waals surface area contributed by atoms with Gasteiger partial charge in [0, 0.05) is 5.75 Å². The number of nitrogen functional groups attached to an aromatic ring is 1. The summed E-state index contributed by atoms with van der Waals surface area (Å²) < 4.78 is 25.3. The van der Waals surface area contributed by atoms with Gasteiger partial charge in [-0.1, -0.05) is 66.8 Å². The molecule has 1 aromatic carbocycles. The van der Waals surface area contributed by atoms with Crippen molar-refractivity contribution in [2.45, 2.75) is 34.1 Å². The Morgan fingerprint density at radius 3 is 2.67 bits per heavy atom. The van der Waals surface area contributed by atoms with E-state index in [-0.39, 0.29) is 15.8 Å². The third-order valence-corrected chi connectivity index (χ3v) is 7.55. The average Bonchev–Trinajstić information content (AvgIpc) is 2.86. The van der Waals surface area contributed by atoms with Crippen LogP contribution in [0, 0.1) is 0 Å².